The summed E-state index contributed by atoms with van der Waals surface area (Å²) in [4.78, 5) is 25.4. The van der Waals surface area contributed by atoms with E-state index in [1.54, 1.807) is 25.1 Å². The maximum atomic E-state index is 13.4. The summed E-state index contributed by atoms with van der Waals surface area (Å²) in [6, 6.07) is 4.67. The fourth-order valence-corrected chi connectivity index (χ4v) is 8.82. The van der Waals surface area contributed by atoms with Crippen molar-refractivity contribution in [2.24, 2.45) is 28.9 Å². The molecule has 2 atom stereocenters. The van der Waals surface area contributed by atoms with Crippen molar-refractivity contribution in [1.29, 1.82) is 0 Å². The predicted molar refractivity (Wildman–Crippen MR) is 120 cm³/mol. The second-order valence-electron chi connectivity index (χ2n) is 10.4. The number of hydrogen-bond donors (Lipinski definition) is 2. The summed E-state index contributed by atoms with van der Waals surface area (Å²) in [7, 11) is -3.84. The lowest BCUT2D eigenvalue weighted by Gasteiger charge is -2.58. The quantitative estimate of drug-likeness (QED) is 0.626. The van der Waals surface area contributed by atoms with Crippen LogP contribution in [0.25, 0.3) is 0 Å². The molecule has 0 aliphatic heterocycles. The average Bonchev–Trinajstić information content (AvgIpc) is 3.55. The largest absolute Gasteiger partial charge is 0.369 e. The smallest absolute Gasteiger partial charge is 0.244 e. The molecule has 0 saturated heterocycles. The Bertz CT molecular complexity index is 1050. The highest BCUT2D eigenvalue weighted by atomic mass is 35.5. The number of halogens is 1. The van der Waals surface area contributed by atoms with Gasteiger partial charge in [0.25, 0.3) is 0 Å². The molecule has 5 saturated carbocycles. The van der Waals surface area contributed by atoms with Gasteiger partial charge in [-0.15, -0.1) is 0 Å². The molecule has 5 aliphatic carbocycles. The second-order valence-corrected chi connectivity index (χ2v) is 12.6. The minimum atomic E-state index is -3.84. The molecular formula is C23H30ClN3O4S. The summed E-state index contributed by atoms with van der Waals surface area (Å²) in [6.45, 7) is 1.49. The van der Waals surface area contributed by atoms with E-state index in [2.05, 4.69) is 5.32 Å². The third-order valence-corrected chi connectivity index (χ3v) is 10.6. The number of benzene rings is 1. The van der Waals surface area contributed by atoms with E-state index in [4.69, 9.17) is 17.3 Å². The number of carbonyl (C=O) groups excluding carboxylic acids is 2. The van der Waals surface area contributed by atoms with Crippen LogP contribution in [-0.4, -0.2) is 43.2 Å². The van der Waals surface area contributed by atoms with E-state index in [1.807, 2.05) is 0 Å². The van der Waals surface area contributed by atoms with E-state index in [1.165, 1.54) is 4.31 Å². The predicted octanol–water partition coefficient (Wildman–Crippen LogP) is 2.60. The molecule has 0 spiro atoms. The number of carbonyl (C=O) groups is 2. The molecule has 0 heterocycles. The number of hydrogen-bond acceptors (Lipinski definition) is 4. The Morgan fingerprint density at radius 3 is 2.44 bits per heavy atom. The van der Waals surface area contributed by atoms with Crippen LogP contribution >= 0.6 is 11.6 Å². The van der Waals surface area contributed by atoms with E-state index < -0.39 is 15.4 Å². The Kier molecular flexibility index (Phi) is 5.34. The number of amides is 2. The highest BCUT2D eigenvalue weighted by Crippen LogP contribution is 2.59. The zero-order valence-corrected chi connectivity index (χ0v) is 19.8. The molecule has 1 aromatic rings. The van der Waals surface area contributed by atoms with Gasteiger partial charge in [-0.3, -0.25) is 9.59 Å². The standard InChI is InChI=1S/C23H30ClN3O4S/c1-13-18(24)3-2-4-19(13)32(30,31)27(17-5-6-17)12-20(28)26-21-15-7-14-8-16(21)11-23(9-14,10-15)22(25)29/h2-4,14-17,21H,5-12H2,1H3,(H2,25,29)(H,26,28). The molecule has 0 radical (unpaired) electrons. The molecule has 0 aromatic heterocycles. The van der Waals surface area contributed by atoms with Crippen molar-refractivity contribution < 1.29 is 18.0 Å². The normalized spacial score (nSPS) is 33.5. The fraction of sp³-hybridized carbons (Fsp3) is 0.652. The van der Waals surface area contributed by atoms with E-state index >= 15 is 0 Å². The van der Waals surface area contributed by atoms with Crippen LogP contribution < -0.4 is 11.1 Å². The zero-order valence-electron chi connectivity index (χ0n) is 18.2. The molecule has 5 fully saturated rings. The number of nitrogens with two attached hydrogens (primary N) is 1. The first-order chi connectivity index (χ1) is 15.1. The highest BCUT2D eigenvalue weighted by Gasteiger charge is 2.58. The van der Waals surface area contributed by atoms with Gasteiger partial charge in [-0.1, -0.05) is 17.7 Å². The molecular weight excluding hydrogens is 450 g/mol. The van der Waals surface area contributed by atoms with Crippen LogP contribution in [0.2, 0.25) is 5.02 Å². The summed E-state index contributed by atoms with van der Waals surface area (Å²) < 4.78 is 28.2. The molecule has 6 rings (SSSR count). The van der Waals surface area contributed by atoms with Gasteiger partial charge in [0.1, 0.15) is 0 Å². The van der Waals surface area contributed by atoms with Crippen molar-refractivity contribution in [1.82, 2.24) is 9.62 Å². The Labute approximate surface area is 194 Å². The maximum absolute atomic E-state index is 13.4. The van der Waals surface area contributed by atoms with Gasteiger partial charge in [0, 0.05) is 22.5 Å². The Balaban J connectivity index is 1.32. The van der Waals surface area contributed by atoms with Crippen LogP contribution in [0.15, 0.2) is 23.1 Å². The van der Waals surface area contributed by atoms with Gasteiger partial charge in [0.05, 0.1) is 11.4 Å². The van der Waals surface area contributed by atoms with Crippen molar-refractivity contribution in [3.05, 3.63) is 28.8 Å². The van der Waals surface area contributed by atoms with Gasteiger partial charge in [0.2, 0.25) is 21.8 Å². The summed E-state index contributed by atoms with van der Waals surface area (Å²) in [5.74, 6) is 0.496. The van der Waals surface area contributed by atoms with Gasteiger partial charge in [-0.2, -0.15) is 4.31 Å². The molecule has 174 valence electrons. The molecule has 4 bridgehead atoms. The minimum absolute atomic E-state index is 0.0109. The van der Waals surface area contributed by atoms with E-state index in [0.29, 0.717) is 16.5 Å². The van der Waals surface area contributed by atoms with E-state index in [-0.39, 0.29) is 47.2 Å². The van der Waals surface area contributed by atoms with Crippen molar-refractivity contribution in [2.75, 3.05) is 6.54 Å². The van der Waals surface area contributed by atoms with Crippen molar-refractivity contribution >= 4 is 33.4 Å². The summed E-state index contributed by atoms with van der Waals surface area (Å²) >= 11 is 6.16. The van der Waals surface area contributed by atoms with Crippen molar-refractivity contribution in [3.8, 4) is 0 Å². The van der Waals surface area contributed by atoms with Crippen LogP contribution in [0.3, 0.4) is 0 Å². The third-order valence-electron chi connectivity index (χ3n) is 8.18. The van der Waals surface area contributed by atoms with Gasteiger partial charge >= 0.3 is 0 Å². The molecule has 5 aliphatic rings. The number of sulfonamides is 1. The third kappa shape index (κ3) is 3.64. The first-order valence-electron chi connectivity index (χ1n) is 11.5. The number of primary amides is 1. The topological polar surface area (TPSA) is 110 Å². The SMILES string of the molecule is Cc1c(Cl)cccc1S(=O)(=O)N(CC(=O)NC1C2CC3CC1CC(C(N)=O)(C3)C2)C1CC1. The maximum Gasteiger partial charge on any atom is 0.244 e. The number of rotatable bonds is 7. The van der Waals surface area contributed by atoms with Crippen LogP contribution in [0, 0.1) is 30.1 Å². The van der Waals surface area contributed by atoms with Crippen molar-refractivity contribution in [3.63, 3.8) is 0 Å². The molecule has 2 amide bonds. The number of nitrogens with zero attached hydrogens (tertiary/aromatic N) is 1. The van der Waals surface area contributed by atoms with Crippen LogP contribution in [0.5, 0.6) is 0 Å². The summed E-state index contributed by atoms with van der Waals surface area (Å²) in [6.07, 6.45) is 5.85. The first-order valence-corrected chi connectivity index (χ1v) is 13.3. The Hall–Kier alpha value is -1.64. The minimum Gasteiger partial charge on any atom is -0.369 e. The van der Waals surface area contributed by atoms with Gasteiger partial charge in [-0.05, 0) is 87.3 Å². The van der Waals surface area contributed by atoms with E-state index in [0.717, 1.165) is 44.9 Å². The molecule has 3 N–H and O–H groups in total. The Morgan fingerprint density at radius 1 is 1.19 bits per heavy atom. The molecule has 9 heteroatoms. The van der Waals surface area contributed by atoms with E-state index in [9.17, 15) is 18.0 Å². The fourth-order valence-electron chi connectivity index (χ4n) is 6.70. The lowest BCUT2D eigenvalue weighted by atomic mass is 9.47. The lowest BCUT2D eigenvalue weighted by Crippen LogP contribution is -2.62. The summed E-state index contributed by atoms with van der Waals surface area (Å²) in [5, 5.41) is 3.55. The lowest BCUT2D eigenvalue weighted by molar-refractivity contribution is -0.147. The van der Waals surface area contributed by atoms with Crippen LogP contribution in [0.4, 0.5) is 0 Å². The second kappa shape index (κ2) is 7.71. The van der Waals surface area contributed by atoms with Crippen LogP contribution in [-0.2, 0) is 19.6 Å². The molecule has 32 heavy (non-hydrogen) atoms. The molecule has 1 aromatic carbocycles. The van der Waals surface area contributed by atoms with Gasteiger partial charge < -0.3 is 11.1 Å². The van der Waals surface area contributed by atoms with Gasteiger partial charge in [0.15, 0.2) is 0 Å². The monoisotopic (exact) mass is 479 g/mol. The molecule has 7 nitrogen and oxygen atoms in total. The highest BCUT2D eigenvalue weighted by molar-refractivity contribution is 7.89. The van der Waals surface area contributed by atoms with Crippen LogP contribution in [0.1, 0.15) is 50.5 Å². The number of nitrogens with one attached hydrogen (secondary N) is 1. The summed E-state index contributed by atoms with van der Waals surface area (Å²) in [5.41, 5.74) is 5.85. The Morgan fingerprint density at radius 2 is 1.84 bits per heavy atom. The molecule has 2 unspecified atom stereocenters. The average molecular weight is 480 g/mol. The first kappa shape index (κ1) is 22.2. The van der Waals surface area contributed by atoms with Crippen molar-refractivity contribution in [2.45, 2.75) is 68.8 Å². The zero-order chi connectivity index (χ0) is 22.8. The van der Waals surface area contributed by atoms with Gasteiger partial charge in [-0.25, -0.2) is 8.42 Å².